The number of nitrogens with one attached hydrogen (secondary N) is 2. The zero-order valence-electron chi connectivity index (χ0n) is 18.3. The van der Waals surface area contributed by atoms with Gasteiger partial charge in [-0.1, -0.05) is 47.5 Å². The van der Waals surface area contributed by atoms with Gasteiger partial charge < -0.3 is 25.0 Å². The van der Waals surface area contributed by atoms with E-state index in [0.717, 1.165) is 47.5 Å². The van der Waals surface area contributed by atoms with Gasteiger partial charge in [-0.2, -0.15) is 0 Å². The van der Waals surface area contributed by atoms with Gasteiger partial charge in [0.2, 0.25) is 0 Å². The van der Waals surface area contributed by atoms with Crippen LogP contribution >= 0.6 is 15.9 Å². The minimum absolute atomic E-state index is 0.104. The molecule has 30 heavy (non-hydrogen) atoms. The van der Waals surface area contributed by atoms with E-state index in [2.05, 4.69) is 45.3 Å². The van der Waals surface area contributed by atoms with Gasteiger partial charge in [0, 0.05) is 35.4 Å². The molecule has 0 aliphatic rings. The van der Waals surface area contributed by atoms with Gasteiger partial charge in [0.1, 0.15) is 0 Å². The van der Waals surface area contributed by atoms with Crippen molar-refractivity contribution >= 4 is 27.5 Å². The van der Waals surface area contributed by atoms with E-state index in [9.17, 15) is 4.79 Å². The summed E-state index contributed by atoms with van der Waals surface area (Å²) in [6.45, 7) is 10.7. The maximum absolute atomic E-state index is 12.4. The van der Waals surface area contributed by atoms with Crippen LogP contribution in [0.25, 0.3) is 0 Å². The summed E-state index contributed by atoms with van der Waals surface area (Å²) in [5.74, 6) is 0.949. The number of hydrogen-bond acceptors (Lipinski definition) is 5. The predicted octanol–water partition coefficient (Wildman–Crippen LogP) is 4.22. The molecule has 2 aromatic rings. The first-order chi connectivity index (χ1) is 14.5. The van der Waals surface area contributed by atoms with Crippen LogP contribution in [0.3, 0.4) is 0 Å². The number of hydrogen-bond donors (Lipinski definition) is 2. The first kappa shape index (κ1) is 24.2. The van der Waals surface area contributed by atoms with Crippen molar-refractivity contribution in [2.24, 2.45) is 0 Å². The number of amides is 1. The largest absolute Gasteiger partial charge is 0.493 e. The molecule has 0 unspecified atom stereocenters. The van der Waals surface area contributed by atoms with Gasteiger partial charge in [-0.25, -0.2) is 0 Å². The van der Waals surface area contributed by atoms with Crippen molar-refractivity contribution in [1.82, 2.24) is 10.2 Å². The Labute approximate surface area is 188 Å². The van der Waals surface area contributed by atoms with Crippen molar-refractivity contribution in [1.29, 1.82) is 0 Å². The van der Waals surface area contributed by atoms with Crippen LogP contribution in [0.15, 0.2) is 40.9 Å². The molecule has 0 heterocycles. The summed E-state index contributed by atoms with van der Waals surface area (Å²) in [5, 5.41) is 6.31. The van der Waals surface area contributed by atoms with Crippen molar-refractivity contribution in [2.75, 3.05) is 45.2 Å². The highest BCUT2D eigenvalue weighted by molar-refractivity contribution is 9.10. The molecule has 0 fully saturated rings. The fraction of sp³-hybridized carbons (Fsp3) is 0.435. The van der Waals surface area contributed by atoms with Crippen LogP contribution < -0.4 is 20.1 Å². The summed E-state index contributed by atoms with van der Waals surface area (Å²) < 4.78 is 12.3. The van der Waals surface area contributed by atoms with E-state index in [1.165, 1.54) is 0 Å². The van der Waals surface area contributed by atoms with E-state index in [1.54, 1.807) is 7.11 Å². The number of methoxy groups -OCH3 is 1. The number of carbonyl (C=O) groups is 1. The molecule has 0 atom stereocenters. The minimum Gasteiger partial charge on any atom is -0.493 e. The number of aryl methyl sites for hydroxylation is 1. The maximum atomic E-state index is 12.4. The standard InChI is InChI=1S/C23H32BrN3O3/c1-5-27(6-2)14-13-25-15-19-20(24)11-12-21(29-4)23(19)30-16-22(28)26-18-9-7-17(3)8-10-18/h7-12,25H,5-6,13-16H2,1-4H3,(H,26,28). The molecule has 0 aromatic heterocycles. The highest BCUT2D eigenvalue weighted by Gasteiger charge is 2.16. The molecule has 0 saturated carbocycles. The molecule has 2 N–H and O–H groups in total. The van der Waals surface area contributed by atoms with Crippen LogP contribution in [0, 0.1) is 6.92 Å². The molecule has 0 spiro atoms. The Bertz CT molecular complexity index is 808. The van der Waals surface area contributed by atoms with Gasteiger partial charge in [0.15, 0.2) is 18.1 Å². The molecule has 1 amide bonds. The van der Waals surface area contributed by atoms with Gasteiger partial charge in [-0.15, -0.1) is 0 Å². The Kier molecular flexibility index (Phi) is 10.1. The number of anilines is 1. The molecular weight excluding hydrogens is 446 g/mol. The second-order valence-corrected chi connectivity index (χ2v) is 7.82. The molecular formula is C23H32BrN3O3. The molecule has 2 aromatic carbocycles. The van der Waals surface area contributed by atoms with Crippen molar-refractivity contribution in [3.63, 3.8) is 0 Å². The van der Waals surface area contributed by atoms with Gasteiger partial charge in [0.05, 0.1) is 7.11 Å². The van der Waals surface area contributed by atoms with E-state index in [4.69, 9.17) is 9.47 Å². The molecule has 0 bridgehead atoms. The number of likely N-dealkylation sites (N-methyl/N-ethyl adjacent to an activating group) is 1. The van der Waals surface area contributed by atoms with E-state index in [0.29, 0.717) is 18.0 Å². The lowest BCUT2D eigenvalue weighted by atomic mass is 10.2. The van der Waals surface area contributed by atoms with Crippen LogP contribution in [-0.2, 0) is 11.3 Å². The number of rotatable bonds is 12. The average Bonchev–Trinajstić information content (AvgIpc) is 2.75. The summed E-state index contributed by atoms with van der Waals surface area (Å²) in [6, 6.07) is 11.4. The smallest absolute Gasteiger partial charge is 0.262 e. The quantitative estimate of drug-likeness (QED) is 0.448. The number of halogens is 1. The van der Waals surface area contributed by atoms with Gasteiger partial charge in [-0.3, -0.25) is 4.79 Å². The summed E-state index contributed by atoms with van der Waals surface area (Å²) in [4.78, 5) is 14.7. The first-order valence-electron chi connectivity index (χ1n) is 10.3. The summed E-state index contributed by atoms with van der Waals surface area (Å²) in [6.07, 6.45) is 0. The zero-order valence-corrected chi connectivity index (χ0v) is 19.8. The van der Waals surface area contributed by atoms with Crippen LogP contribution in [0.5, 0.6) is 11.5 Å². The molecule has 0 aliphatic carbocycles. The fourth-order valence-electron chi connectivity index (χ4n) is 3.03. The first-order valence-corrected chi connectivity index (χ1v) is 11.1. The number of carbonyl (C=O) groups excluding carboxylic acids is 1. The molecule has 164 valence electrons. The summed E-state index contributed by atoms with van der Waals surface area (Å²) >= 11 is 3.60. The van der Waals surface area contributed by atoms with Crippen molar-refractivity contribution in [3.05, 3.63) is 52.0 Å². The maximum Gasteiger partial charge on any atom is 0.262 e. The molecule has 0 radical (unpaired) electrons. The van der Waals surface area contributed by atoms with Crippen LogP contribution in [-0.4, -0.2) is 50.7 Å². The van der Waals surface area contributed by atoms with E-state index in [-0.39, 0.29) is 12.5 Å². The van der Waals surface area contributed by atoms with Gasteiger partial charge in [-0.05, 0) is 44.3 Å². The minimum atomic E-state index is -0.221. The van der Waals surface area contributed by atoms with Crippen molar-refractivity contribution in [2.45, 2.75) is 27.3 Å². The summed E-state index contributed by atoms with van der Waals surface area (Å²) in [5.41, 5.74) is 2.81. The monoisotopic (exact) mass is 477 g/mol. The fourth-order valence-corrected chi connectivity index (χ4v) is 3.48. The van der Waals surface area contributed by atoms with Crippen LogP contribution in [0.2, 0.25) is 0 Å². The molecule has 0 saturated heterocycles. The van der Waals surface area contributed by atoms with Crippen molar-refractivity contribution < 1.29 is 14.3 Å². The Morgan fingerprint density at radius 3 is 2.43 bits per heavy atom. The topological polar surface area (TPSA) is 62.8 Å². The van der Waals surface area contributed by atoms with E-state index < -0.39 is 0 Å². The number of ether oxygens (including phenoxy) is 2. The third kappa shape index (κ3) is 7.31. The van der Waals surface area contributed by atoms with E-state index >= 15 is 0 Å². The summed E-state index contributed by atoms with van der Waals surface area (Å²) in [7, 11) is 1.60. The molecule has 2 rings (SSSR count). The highest BCUT2D eigenvalue weighted by atomic mass is 79.9. The molecule has 0 aliphatic heterocycles. The van der Waals surface area contributed by atoms with Gasteiger partial charge in [0.25, 0.3) is 5.91 Å². The average molecular weight is 478 g/mol. The van der Waals surface area contributed by atoms with E-state index in [1.807, 2.05) is 43.3 Å². The van der Waals surface area contributed by atoms with Crippen molar-refractivity contribution in [3.8, 4) is 11.5 Å². The number of nitrogens with zero attached hydrogens (tertiary/aromatic N) is 1. The zero-order chi connectivity index (χ0) is 21.9. The predicted molar refractivity (Wildman–Crippen MR) is 125 cm³/mol. The Balaban J connectivity index is 2.01. The van der Waals surface area contributed by atoms with Gasteiger partial charge >= 0.3 is 0 Å². The SMILES string of the molecule is CCN(CC)CCNCc1c(Br)ccc(OC)c1OCC(=O)Nc1ccc(C)cc1. The van der Waals surface area contributed by atoms with Crippen LogP contribution in [0.4, 0.5) is 5.69 Å². The Hall–Kier alpha value is -2.09. The Morgan fingerprint density at radius 2 is 1.80 bits per heavy atom. The second kappa shape index (κ2) is 12.6. The lowest BCUT2D eigenvalue weighted by Crippen LogP contribution is -2.31. The third-order valence-corrected chi connectivity index (χ3v) is 5.61. The normalized spacial score (nSPS) is 10.9. The van der Waals surface area contributed by atoms with Crippen LogP contribution in [0.1, 0.15) is 25.0 Å². The number of benzene rings is 2. The third-order valence-electron chi connectivity index (χ3n) is 4.87. The molecule has 6 nitrogen and oxygen atoms in total. The highest BCUT2D eigenvalue weighted by Crippen LogP contribution is 2.36. The lowest BCUT2D eigenvalue weighted by Gasteiger charge is -2.20. The second-order valence-electron chi connectivity index (χ2n) is 6.96. The Morgan fingerprint density at radius 1 is 1.10 bits per heavy atom. The lowest BCUT2D eigenvalue weighted by molar-refractivity contribution is -0.118. The molecule has 7 heteroatoms.